The van der Waals surface area contributed by atoms with E-state index in [1.54, 1.807) is 48.4 Å². The Morgan fingerprint density at radius 1 is 1.00 bits per heavy atom. The molecule has 214 valence electrons. The molecule has 42 heavy (non-hydrogen) atoms. The number of aromatic nitrogens is 5. The molecule has 0 fully saturated rings. The molecule has 0 spiro atoms. The lowest BCUT2D eigenvalue weighted by molar-refractivity contribution is -0.111. The number of nitrogens with one attached hydrogen (secondary N) is 2. The van der Waals surface area contributed by atoms with Gasteiger partial charge in [0.25, 0.3) is 5.56 Å². The van der Waals surface area contributed by atoms with E-state index in [2.05, 4.69) is 32.3 Å². The predicted octanol–water partition coefficient (Wildman–Crippen LogP) is 5.59. The van der Waals surface area contributed by atoms with Gasteiger partial charge in [-0.1, -0.05) is 35.8 Å². The third-order valence-electron chi connectivity index (χ3n) is 6.54. The SMILES string of the molecule is C=CC(=O)Nc1cc(-c2cnn(C)c2)ccc1Nc1ncc2cc(-c3c(Cl)c(OC)cc(OC)c3Cl)c(=O)n(C)c2n1. The van der Waals surface area contributed by atoms with Gasteiger partial charge in [-0.25, -0.2) is 4.98 Å². The van der Waals surface area contributed by atoms with Gasteiger partial charge in [-0.2, -0.15) is 10.1 Å². The zero-order chi connectivity index (χ0) is 30.1. The third kappa shape index (κ3) is 5.27. The first-order chi connectivity index (χ1) is 20.1. The van der Waals surface area contributed by atoms with Crippen molar-refractivity contribution in [2.75, 3.05) is 24.9 Å². The molecular weight excluding hydrogens is 581 g/mol. The van der Waals surface area contributed by atoms with E-state index in [1.807, 2.05) is 19.3 Å². The van der Waals surface area contributed by atoms with Gasteiger partial charge < -0.3 is 20.1 Å². The molecule has 13 heteroatoms. The molecule has 0 saturated carbocycles. The first-order valence-electron chi connectivity index (χ1n) is 12.5. The largest absolute Gasteiger partial charge is 0.495 e. The van der Waals surface area contributed by atoms with Crippen LogP contribution in [0.1, 0.15) is 0 Å². The third-order valence-corrected chi connectivity index (χ3v) is 7.29. The number of anilines is 3. The molecule has 0 saturated heterocycles. The number of halogens is 2. The second-order valence-electron chi connectivity index (χ2n) is 9.16. The summed E-state index contributed by atoms with van der Waals surface area (Å²) in [5.74, 6) is 0.425. The lowest BCUT2D eigenvalue weighted by atomic mass is 10.0. The Morgan fingerprint density at radius 2 is 1.71 bits per heavy atom. The maximum Gasteiger partial charge on any atom is 0.259 e. The van der Waals surface area contributed by atoms with Crippen molar-refractivity contribution >= 4 is 57.5 Å². The number of carbonyl (C=O) groups is 1. The van der Waals surface area contributed by atoms with Gasteiger partial charge in [0.1, 0.15) is 17.1 Å². The van der Waals surface area contributed by atoms with Crippen LogP contribution in [0.25, 0.3) is 33.3 Å². The van der Waals surface area contributed by atoms with Gasteiger partial charge >= 0.3 is 0 Å². The minimum atomic E-state index is -0.397. The topological polar surface area (TPSA) is 125 Å². The van der Waals surface area contributed by atoms with Gasteiger partial charge in [-0.15, -0.1) is 0 Å². The Hall–Kier alpha value is -4.87. The molecule has 5 aromatic rings. The molecule has 2 aromatic carbocycles. The molecule has 0 aliphatic rings. The van der Waals surface area contributed by atoms with Crippen molar-refractivity contribution in [3.05, 3.63) is 82.0 Å². The average Bonchev–Trinajstić information content (AvgIpc) is 3.43. The minimum Gasteiger partial charge on any atom is -0.495 e. The van der Waals surface area contributed by atoms with Crippen molar-refractivity contribution in [1.29, 1.82) is 0 Å². The Morgan fingerprint density at radius 3 is 2.33 bits per heavy atom. The molecule has 3 aromatic heterocycles. The molecule has 0 aliphatic carbocycles. The maximum absolute atomic E-state index is 13.6. The number of nitrogens with zero attached hydrogens (tertiary/aromatic N) is 5. The van der Waals surface area contributed by atoms with Crippen LogP contribution in [0.3, 0.4) is 0 Å². The summed E-state index contributed by atoms with van der Waals surface area (Å²) in [5.41, 5.74) is 3.18. The molecule has 0 radical (unpaired) electrons. The summed E-state index contributed by atoms with van der Waals surface area (Å²) in [5, 5.41) is 11.0. The standard InChI is InChI=1S/C29H25Cl2N7O4/c1-6-23(39)34-20-10-15(17-13-33-37(2)14-17)7-8-19(20)35-29-32-12-16-9-18(28(40)38(3)27(16)36-29)24-25(30)21(41-4)11-22(42-5)26(24)31/h6-14H,1H2,2-5H3,(H,34,39)(H,32,35,36). The normalized spacial score (nSPS) is 10.9. The molecule has 0 bridgehead atoms. The number of aryl methyl sites for hydroxylation is 2. The molecular formula is C29H25Cl2N7O4. The number of pyridine rings is 1. The van der Waals surface area contributed by atoms with Crippen LogP contribution < -0.4 is 25.7 Å². The van der Waals surface area contributed by atoms with Crippen LogP contribution >= 0.6 is 23.2 Å². The van der Waals surface area contributed by atoms with Crippen LogP contribution in [0, 0.1) is 0 Å². The summed E-state index contributed by atoms with van der Waals surface area (Å²) < 4.78 is 13.8. The van der Waals surface area contributed by atoms with Gasteiger partial charge in [0.2, 0.25) is 11.9 Å². The highest BCUT2D eigenvalue weighted by Gasteiger charge is 2.22. The van der Waals surface area contributed by atoms with E-state index in [4.69, 9.17) is 32.7 Å². The summed E-state index contributed by atoms with van der Waals surface area (Å²) in [6.45, 7) is 3.53. The number of amides is 1. The number of ether oxygens (including phenoxy) is 2. The van der Waals surface area contributed by atoms with Gasteiger partial charge in [0.05, 0.1) is 47.4 Å². The number of rotatable bonds is 8. The van der Waals surface area contributed by atoms with Crippen molar-refractivity contribution in [2.45, 2.75) is 0 Å². The Kier molecular flexibility index (Phi) is 7.88. The fourth-order valence-electron chi connectivity index (χ4n) is 4.42. The van der Waals surface area contributed by atoms with E-state index in [9.17, 15) is 9.59 Å². The quantitative estimate of drug-likeness (QED) is 0.219. The van der Waals surface area contributed by atoms with Crippen molar-refractivity contribution in [2.24, 2.45) is 14.1 Å². The van der Waals surface area contributed by atoms with Crippen molar-refractivity contribution in [3.63, 3.8) is 0 Å². The summed E-state index contributed by atoms with van der Waals surface area (Å²) in [6, 6.07) is 8.64. The second kappa shape index (κ2) is 11.6. The van der Waals surface area contributed by atoms with Crippen LogP contribution in [0.4, 0.5) is 17.3 Å². The zero-order valence-corrected chi connectivity index (χ0v) is 24.5. The van der Waals surface area contributed by atoms with Gasteiger partial charge in [0, 0.05) is 49.1 Å². The fourth-order valence-corrected chi connectivity index (χ4v) is 5.12. The lowest BCUT2D eigenvalue weighted by Crippen LogP contribution is -2.20. The highest BCUT2D eigenvalue weighted by molar-refractivity contribution is 6.41. The molecule has 3 heterocycles. The summed E-state index contributed by atoms with van der Waals surface area (Å²) >= 11 is 13.2. The van der Waals surface area contributed by atoms with Gasteiger partial charge in [0.15, 0.2) is 0 Å². The van der Waals surface area contributed by atoms with Crippen LogP contribution in [0.5, 0.6) is 11.5 Å². The Bertz CT molecular complexity index is 1910. The molecule has 2 N–H and O–H groups in total. The summed E-state index contributed by atoms with van der Waals surface area (Å²) in [4.78, 5) is 34.8. The zero-order valence-electron chi connectivity index (χ0n) is 23.0. The summed E-state index contributed by atoms with van der Waals surface area (Å²) in [6.07, 6.45) is 6.34. The molecule has 5 rings (SSSR count). The first-order valence-corrected chi connectivity index (χ1v) is 13.2. The van der Waals surface area contributed by atoms with Gasteiger partial charge in [-0.3, -0.25) is 18.8 Å². The number of benzene rings is 2. The number of hydrogen-bond donors (Lipinski definition) is 2. The second-order valence-corrected chi connectivity index (χ2v) is 9.92. The predicted molar refractivity (Wildman–Crippen MR) is 164 cm³/mol. The number of carbonyl (C=O) groups excluding carboxylic acids is 1. The van der Waals surface area contributed by atoms with E-state index in [-0.39, 0.29) is 33.0 Å². The molecule has 0 atom stereocenters. The van der Waals surface area contributed by atoms with Gasteiger partial charge in [-0.05, 0) is 29.8 Å². The van der Waals surface area contributed by atoms with Crippen LogP contribution in [-0.2, 0) is 18.9 Å². The van der Waals surface area contributed by atoms with E-state index in [0.29, 0.717) is 33.9 Å². The molecule has 0 unspecified atom stereocenters. The number of fused-ring (bicyclic) bond motifs is 1. The Balaban J connectivity index is 1.57. The van der Waals surface area contributed by atoms with Crippen LogP contribution in [0.15, 0.2) is 66.4 Å². The van der Waals surface area contributed by atoms with Crippen molar-refractivity contribution < 1.29 is 14.3 Å². The van der Waals surface area contributed by atoms with Crippen molar-refractivity contribution in [3.8, 4) is 33.8 Å². The summed E-state index contributed by atoms with van der Waals surface area (Å²) in [7, 11) is 6.33. The Labute approximate surface area is 250 Å². The van der Waals surface area contributed by atoms with Crippen LogP contribution in [-0.4, -0.2) is 44.4 Å². The number of methoxy groups -OCH3 is 2. The first kappa shape index (κ1) is 28.7. The van der Waals surface area contributed by atoms with Crippen molar-refractivity contribution in [1.82, 2.24) is 24.3 Å². The molecule has 0 aliphatic heterocycles. The minimum absolute atomic E-state index is 0.169. The van der Waals surface area contributed by atoms with E-state index >= 15 is 0 Å². The average molecular weight is 606 g/mol. The van der Waals surface area contributed by atoms with E-state index < -0.39 is 5.56 Å². The lowest BCUT2D eigenvalue weighted by Gasteiger charge is -2.16. The fraction of sp³-hybridized carbons (Fsp3) is 0.138. The molecule has 11 nitrogen and oxygen atoms in total. The van der Waals surface area contributed by atoms with Crippen LogP contribution in [0.2, 0.25) is 10.0 Å². The maximum atomic E-state index is 13.6. The number of hydrogen-bond acceptors (Lipinski definition) is 8. The van der Waals surface area contributed by atoms with E-state index in [1.165, 1.54) is 24.9 Å². The molecule has 1 amide bonds. The smallest absolute Gasteiger partial charge is 0.259 e. The highest BCUT2D eigenvalue weighted by Crippen LogP contribution is 2.45. The van der Waals surface area contributed by atoms with E-state index in [0.717, 1.165) is 11.1 Å². The monoisotopic (exact) mass is 605 g/mol. The highest BCUT2D eigenvalue weighted by atomic mass is 35.5.